The average Bonchev–Trinajstić information content (AvgIpc) is 2.47. The molecule has 1 aromatic heterocycles. The van der Waals surface area contributed by atoms with E-state index < -0.39 is 0 Å². The summed E-state index contributed by atoms with van der Waals surface area (Å²) in [6.07, 6.45) is 4.69. The van der Waals surface area contributed by atoms with Crippen LogP contribution in [0.3, 0.4) is 0 Å². The van der Waals surface area contributed by atoms with Gasteiger partial charge in [-0.1, -0.05) is 6.08 Å². The number of rotatable bonds is 4. The van der Waals surface area contributed by atoms with Crippen molar-refractivity contribution < 1.29 is 4.79 Å². The van der Waals surface area contributed by atoms with Gasteiger partial charge in [-0.2, -0.15) is 0 Å². The van der Waals surface area contributed by atoms with Gasteiger partial charge in [-0.05, 0) is 13.3 Å². The Morgan fingerprint density at radius 2 is 2.58 bits per heavy atom. The molecule has 0 aliphatic rings. The zero-order valence-corrected chi connectivity index (χ0v) is 7.86. The number of hydrogen-bond acceptors (Lipinski definition) is 3. The van der Waals surface area contributed by atoms with E-state index in [2.05, 4.69) is 11.6 Å². The molecule has 0 aromatic carbocycles. The molecule has 1 aromatic rings. The summed E-state index contributed by atoms with van der Waals surface area (Å²) in [5, 5.41) is 0.942. The molecule has 1 heterocycles. The molecule has 3 heteroatoms. The Labute approximate surface area is 76.0 Å². The van der Waals surface area contributed by atoms with Gasteiger partial charge in [0.15, 0.2) is 5.78 Å². The number of Topliss-reactive ketones (excluding diaryl/α,β-unsaturated/α-hetero) is 1. The van der Waals surface area contributed by atoms with Crippen LogP contribution in [0.1, 0.15) is 27.5 Å². The number of thiazole rings is 1. The molecule has 1 rings (SSSR count). The van der Waals surface area contributed by atoms with Crippen LogP contribution in [0.4, 0.5) is 0 Å². The summed E-state index contributed by atoms with van der Waals surface area (Å²) < 4.78 is 0. The van der Waals surface area contributed by atoms with Crippen LogP contribution in [0.15, 0.2) is 18.9 Å². The molecule has 0 bridgehead atoms. The molecule has 0 aliphatic carbocycles. The first kappa shape index (κ1) is 9.13. The molecule has 0 unspecified atom stereocenters. The second kappa shape index (κ2) is 4.16. The van der Waals surface area contributed by atoms with Gasteiger partial charge in [-0.25, -0.2) is 4.98 Å². The van der Waals surface area contributed by atoms with E-state index in [1.807, 2.05) is 6.92 Å². The summed E-state index contributed by atoms with van der Waals surface area (Å²) in [5.74, 6) is 0.167. The molecule has 0 spiro atoms. The van der Waals surface area contributed by atoms with E-state index in [-0.39, 0.29) is 5.78 Å². The van der Waals surface area contributed by atoms with Gasteiger partial charge >= 0.3 is 0 Å². The number of hydrogen-bond donors (Lipinski definition) is 0. The summed E-state index contributed by atoms with van der Waals surface area (Å²) in [5.41, 5.74) is 0. The number of nitrogens with zero attached hydrogens (tertiary/aromatic N) is 1. The van der Waals surface area contributed by atoms with E-state index in [0.717, 1.165) is 16.3 Å². The third kappa shape index (κ3) is 2.27. The van der Waals surface area contributed by atoms with Crippen molar-refractivity contribution in [1.82, 2.24) is 4.98 Å². The van der Waals surface area contributed by atoms with E-state index in [0.29, 0.717) is 6.42 Å². The predicted octanol–water partition coefficient (Wildman–Crippen LogP) is 2.60. The fourth-order valence-corrected chi connectivity index (χ4v) is 1.59. The van der Waals surface area contributed by atoms with Crippen molar-refractivity contribution in [2.24, 2.45) is 0 Å². The highest BCUT2D eigenvalue weighted by Gasteiger charge is 2.06. The number of aromatic nitrogens is 1. The van der Waals surface area contributed by atoms with Crippen molar-refractivity contribution in [3.63, 3.8) is 0 Å². The van der Waals surface area contributed by atoms with E-state index >= 15 is 0 Å². The first-order valence-electron chi connectivity index (χ1n) is 3.80. The van der Waals surface area contributed by atoms with Crippen LogP contribution in [0, 0.1) is 6.92 Å². The normalized spacial score (nSPS) is 9.75. The topological polar surface area (TPSA) is 30.0 Å². The number of allylic oxidation sites excluding steroid dienone is 1. The van der Waals surface area contributed by atoms with Crippen LogP contribution in [-0.2, 0) is 0 Å². The number of carbonyl (C=O) groups excluding carboxylic acids is 1. The Kier molecular flexibility index (Phi) is 3.17. The van der Waals surface area contributed by atoms with Gasteiger partial charge in [0.2, 0.25) is 0 Å². The largest absolute Gasteiger partial charge is 0.293 e. The van der Waals surface area contributed by atoms with Crippen LogP contribution in [-0.4, -0.2) is 10.8 Å². The highest BCUT2D eigenvalue weighted by molar-refractivity contribution is 7.13. The van der Waals surface area contributed by atoms with Crippen LogP contribution in [0.25, 0.3) is 0 Å². The maximum atomic E-state index is 11.3. The molecular formula is C9H11NOS. The number of ketones is 1. The number of aryl methyl sites for hydroxylation is 1. The first-order chi connectivity index (χ1) is 5.74. The van der Waals surface area contributed by atoms with Crippen molar-refractivity contribution in [2.75, 3.05) is 0 Å². The maximum Gasteiger partial charge on any atom is 0.174 e. The van der Waals surface area contributed by atoms with E-state index in [1.165, 1.54) is 11.3 Å². The lowest BCUT2D eigenvalue weighted by Gasteiger charge is -1.91. The quantitative estimate of drug-likeness (QED) is 0.528. The zero-order chi connectivity index (χ0) is 8.97. The van der Waals surface area contributed by atoms with E-state index in [1.54, 1.807) is 12.3 Å². The van der Waals surface area contributed by atoms with Crippen LogP contribution in [0.5, 0.6) is 0 Å². The Hall–Kier alpha value is -0.960. The minimum Gasteiger partial charge on any atom is -0.293 e. The van der Waals surface area contributed by atoms with Gasteiger partial charge in [0.1, 0.15) is 0 Å². The van der Waals surface area contributed by atoms with Crippen molar-refractivity contribution in [2.45, 2.75) is 19.8 Å². The molecule has 0 fully saturated rings. The summed E-state index contributed by atoms with van der Waals surface area (Å²) in [4.78, 5) is 16.1. The molecule has 0 saturated heterocycles. The van der Waals surface area contributed by atoms with Crippen LogP contribution < -0.4 is 0 Å². The van der Waals surface area contributed by atoms with Gasteiger partial charge in [-0.3, -0.25) is 4.79 Å². The lowest BCUT2D eigenvalue weighted by Crippen LogP contribution is -1.93. The predicted molar refractivity (Wildman–Crippen MR) is 50.6 cm³/mol. The fraction of sp³-hybridized carbons (Fsp3) is 0.333. The third-order valence-corrected chi connectivity index (χ3v) is 2.43. The minimum absolute atomic E-state index is 0.167. The SMILES string of the molecule is C=CCCC(=O)c1cnc(C)s1. The fourth-order valence-electron chi connectivity index (χ4n) is 0.847. The first-order valence-corrected chi connectivity index (χ1v) is 4.62. The molecule has 0 radical (unpaired) electrons. The van der Waals surface area contributed by atoms with Crippen molar-refractivity contribution in [1.29, 1.82) is 0 Å². The zero-order valence-electron chi connectivity index (χ0n) is 7.04. The van der Waals surface area contributed by atoms with E-state index in [9.17, 15) is 4.79 Å². The molecule has 0 amide bonds. The lowest BCUT2D eigenvalue weighted by atomic mass is 10.2. The Morgan fingerprint density at radius 1 is 1.83 bits per heavy atom. The van der Waals surface area contributed by atoms with Crippen LogP contribution >= 0.6 is 11.3 Å². The monoisotopic (exact) mass is 181 g/mol. The maximum absolute atomic E-state index is 11.3. The Bertz CT molecular complexity index is 290. The standard InChI is InChI=1S/C9H11NOS/c1-3-4-5-8(11)9-6-10-7(2)12-9/h3,6H,1,4-5H2,2H3. The van der Waals surface area contributed by atoms with Gasteiger partial charge in [0.25, 0.3) is 0 Å². The van der Waals surface area contributed by atoms with Gasteiger partial charge in [-0.15, -0.1) is 17.9 Å². The van der Waals surface area contributed by atoms with Crippen molar-refractivity contribution in [3.05, 3.63) is 28.7 Å². The molecule has 0 N–H and O–H groups in total. The lowest BCUT2D eigenvalue weighted by molar-refractivity contribution is 0.0987. The molecule has 0 aliphatic heterocycles. The smallest absolute Gasteiger partial charge is 0.174 e. The summed E-state index contributed by atoms with van der Waals surface area (Å²) in [7, 11) is 0. The third-order valence-electron chi connectivity index (χ3n) is 1.47. The molecule has 0 saturated carbocycles. The minimum atomic E-state index is 0.167. The second-order valence-corrected chi connectivity index (χ2v) is 3.73. The van der Waals surface area contributed by atoms with Crippen molar-refractivity contribution in [3.8, 4) is 0 Å². The molecule has 2 nitrogen and oxygen atoms in total. The molecule has 12 heavy (non-hydrogen) atoms. The van der Waals surface area contributed by atoms with Gasteiger partial charge in [0, 0.05) is 12.6 Å². The summed E-state index contributed by atoms with van der Waals surface area (Å²) >= 11 is 1.45. The number of carbonyl (C=O) groups is 1. The summed E-state index contributed by atoms with van der Waals surface area (Å²) in [6.45, 7) is 5.46. The average molecular weight is 181 g/mol. The van der Waals surface area contributed by atoms with Gasteiger partial charge < -0.3 is 0 Å². The highest BCUT2D eigenvalue weighted by Crippen LogP contribution is 2.14. The van der Waals surface area contributed by atoms with Crippen LogP contribution in [0.2, 0.25) is 0 Å². The highest BCUT2D eigenvalue weighted by atomic mass is 32.1. The molecule has 64 valence electrons. The molecular weight excluding hydrogens is 170 g/mol. The second-order valence-electron chi connectivity index (χ2n) is 2.49. The molecule has 0 atom stereocenters. The summed E-state index contributed by atoms with van der Waals surface area (Å²) in [6, 6.07) is 0. The van der Waals surface area contributed by atoms with Crippen molar-refractivity contribution >= 4 is 17.1 Å². The Balaban J connectivity index is 2.59. The van der Waals surface area contributed by atoms with Gasteiger partial charge in [0.05, 0.1) is 9.88 Å². The van der Waals surface area contributed by atoms with E-state index in [4.69, 9.17) is 0 Å². The Morgan fingerprint density at radius 3 is 3.08 bits per heavy atom.